The van der Waals surface area contributed by atoms with Crippen LogP contribution in [0.25, 0.3) is 0 Å². The maximum absolute atomic E-state index is 6.21. The fraction of sp³-hybridized carbons (Fsp3) is 0.438. The SMILES string of the molecule is Cc1ncsc1CN(C)CCCC(N)c1ccccc1. The summed E-state index contributed by atoms with van der Waals surface area (Å²) in [6.07, 6.45) is 2.14. The summed E-state index contributed by atoms with van der Waals surface area (Å²) in [6.45, 7) is 4.12. The van der Waals surface area contributed by atoms with Crippen LogP contribution in [0.5, 0.6) is 0 Å². The summed E-state index contributed by atoms with van der Waals surface area (Å²) in [5.74, 6) is 0. The number of aromatic nitrogens is 1. The zero-order valence-corrected chi connectivity index (χ0v) is 13.1. The summed E-state index contributed by atoms with van der Waals surface area (Å²) in [4.78, 5) is 8.00. The minimum absolute atomic E-state index is 0.148. The van der Waals surface area contributed by atoms with E-state index in [-0.39, 0.29) is 6.04 Å². The lowest BCUT2D eigenvalue weighted by Gasteiger charge is -2.18. The Labute approximate surface area is 125 Å². The molecule has 3 nitrogen and oxygen atoms in total. The molecule has 0 saturated heterocycles. The number of benzene rings is 1. The predicted octanol–water partition coefficient (Wildman–Crippen LogP) is 3.36. The van der Waals surface area contributed by atoms with Crippen molar-refractivity contribution in [3.8, 4) is 0 Å². The van der Waals surface area contributed by atoms with E-state index in [1.165, 1.54) is 10.4 Å². The highest BCUT2D eigenvalue weighted by Gasteiger charge is 2.08. The first-order chi connectivity index (χ1) is 9.66. The molecule has 0 saturated carbocycles. The van der Waals surface area contributed by atoms with Gasteiger partial charge < -0.3 is 10.6 Å². The molecule has 0 fully saturated rings. The molecule has 20 heavy (non-hydrogen) atoms. The van der Waals surface area contributed by atoms with E-state index in [0.717, 1.165) is 31.6 Å². The first-order valence-electron chi connectivity index (χ1n) is 7.05. The third-order valence-electron chi connectivity index (χ3n) is 3.54. The summed E-state index contributed by atoms with van der Waals surface area (Å²) >= 11 is 1.74. The highest BCUT2D eigenvalue weighted by molar-refractivity contribution is 7.09. The van der Waals surface area contributed by atoms with Gasteiger partial charge in [0.15, 0.2) is 0 Å². The summed E-state index contributed by atoms with van der Waals surface area (Å²) in [6, 6.07) is 10.5. The Bertz CT molecular complexity index is 509. The van der Waals surface area contributed by atoms with Gasteiger partial charge in [-0.3, -0.25) is 0 Å². The Morgan fingerprint density at radius 3 is 2.70 bits per heavy atom. The molecule has 0 aliphatic carbocycles. The van der Waals surface area contributed by atoms with Crippen LogP contribution in [0, 0.1) is 6.92 Å². The van der Waals surface area contributed by atoms with Gasteiger partial charge >= 0.3 is 0 Å². The molecule has 0 aliphatic rings. The summed E-state index contributed by atoms with van der Waals surface area (Å²) < 4.78 is 0. The second-order valence-corrected chi connectivity index (χ2v) is 6.20. The minimum Gasteiger partial charge on any atom is -0.324 e. The van der Waals surface area contributed by atoms with Crippen LogP contribution in [0.2, 0.25) is 0 Å². The molecule has 1 atom stereocenters. The maximum atomic E-state index is 6.21. The lowest BCUT2D eigenvalue weighted by atomic mass is 10.0. The molecule has 0 amide bonds. The minimum atomic E-state index is 0.148. The van der Waals surface area contributed by atoms with Gasteiger partial charge in [-0.2, -0.15) is 0 Å². The molecule has 0 spiro atoms. The average Bonchev–Trinajstić information content (AvgIpc) is 2.85. The van der Waals surface area contributed by atoms with Gasteiger partial charge in [-0.05, 0) is 38.9 Å². The lowest BCUT2D eigenvalue weighted by Crippen LogP contribution is -2.20. The number of rotatable bonds is 7. The Balaban J connectivity index is 1.72. The largest absolute Gasteiger partial charge is 0.324 e. The van der Waals surface area contributed by atoms with Gasteiger partial charge in [0.2, 0.25) is 0 Å². The van der Waals surface area contributed by atoms with E-state index in [1.54, 1.807) is 11.3 Å². The molecule has 108 valence electrons. The predicted molar refractivity (Wildman–Crippen MR) is 85.8 cm³/mol. The van der Waals surface area contributed by atoms with Crippen LogP contribution >= 0.6 is 11.3 Å². The Morgan fingerprint density at radius 1 is 1.30 bits per heavy atom. The Morgan fingerprint density at radius 2 is 2.05 bits per heavy atom. The van der Waals surface area contributed by atoms with E-state index in [4.69, 9.17) is 5.73 Å². The van der Waals surface area contributed by atoms with E-state index >= 15 is 0 Å². The van der Waals surface area contributed by atoms with Gasteiger partial charge in [0, 0.05) is 17.5 Å². The van der Waals surface area contributed by atoms with Gasteiger partial charge in [0.05, 0.1) is 11.2 Å². The third kappa shape index (κ3) is 4.40. The van der Waals surface area contributed by atoms with Crippen LogP contribution in [-0.4, -0.2) is 23.5 Å². The van der Waals surface area contributed by atoms with Crippen molar-refractivity contribution in [2.45, 2.75) is 32.4 Å². The van der Waals surface area contributed by atoms with Gasteiger partial charge in [0.25, 0.3) is 0 Å². The second-order valence-electron chi connectivity index (χ2n) is 5.26. The van der Waals surface area contributed by atoms with E-state index in [2.05, 4.69) is 36.0 Å². The molecule has 4 heteroatoms. The van der Waals surface area contributed by atoms with E-state index in [9.17, 15) is 0 Å². The first-order valence-corrected chi connectivity index (χ1v) is 7.93. The Hall–Kier alpha value is -1.23. The number of nitrogens with zero attached hydrogens (tertiary/aromatic N) is 2. The zero-order valence-electron chi connectivity index (χ0n) is 12.2. The number of nitrogens with two attached hydrogens (primary N) is 1. The van der Waals surface area contributed by atoms with Gasteiger partial charge in [-0.1, -0.05) is 30.3 Å². The van der Waals surface area contributed by atoms with Crippen LogP contribution in [0.1, 0.15) is 35.0 Å². The monoisotopic (exact) mass is 289 g/mol. The maximum Gasteiger partial charge on any atom is 0.0798 e. The fourth-order valence-electron chi connectivity index (χ4n) is 2.25. The number of thiazole rings is 1. The molecule has 1 unspecified atom stereocenters. The molecule has 1 aromatic carbocycles. The van der Waals surface area contributed by atoms with Crippen molar-refractivity contribution in [1.82, 2.24) is 9.88 Å². The normalized spacial score (nSPS) is 12.8. The van der Waals surface area contributed by atoms with Crippen molar-refractivity contribution >= 4 is 11.3 Å². The Kier molecular flexibility index (Phi) is 5.71. The van der Waals surface area contributed by atoms with E-state index in [0.29, 0.717) is 0 Å². The smallest absolute Gasteiger partial charge is 0.0798 e. The molecule has 1 aromatic heterocycles. The van der Waals surface area contributed by atoms with Crippen molar-refractivity contribution in [2.24, 2.45) is 5.73 Å². The summed E-state index contributed by atoms with van der Waals surface area (Å²) in [5, 5.41) is 0. The molecule has 0 bridgehead atoms. The summed E-state index contributed by atoms with van der Waals surface area (Å²) in [5.41, 5.74) is 10.5. The van der Waals surface area contributed by atoms with Gasteiger partial charge in [-0.25, -0.2) is 4.98 Å². The first kappa shape index (κ1) is 15.2. The van der Waals surface area contributed by atoms with Crippen LogP contribution in [0.4, 0.5) is 0 Å². The highest BCUT2D eigenvalue weighted by atomic mass is 32.1. The van der Waals surface area contributed by atoms with Crippen molar-refractivity contribution in [3.63, 3.8) is 0 Å². The van der Waals surface area contributed by atoms with E-state index < -0.39 is 0 Å². The molecule has 2 rings (SSSR count). The molecular weight excluding hydrogens is 266 g/mol. The fourth-order valence-corrected chi connectivity index (χ4v) is 3.11. The standard InChI is InChI=1S/C16H23N3S/c1-13-16(20-12-18-13)11-19(2)10-6-9-15(17)14-7-4-3-5-8-14/h3-5,7-8,12,15H,6,9-11,17H2,1-2H3. The molecular formula is C16H23N3S. The quantitative estimate of drug-likeness (QED) is 0.850. The number of hydrogen-bond donors (Lipinski definition) is 1. The zero-order chi connectivity index (χ0) is 14.4. The van der Waals surface area contributed by atoms with Crippen molar-refractivity contribution < 1.29 is 0 Å². The van der Waals surface area contributed by atoms with Gasteiger partial charge in [-0.15, -0.1) is 11.3 Å². The topological polar surface area (TPSA) is 42.2 Å². The highest BCUT2D eigenvalue weighted by Crippen LogP contribution is 2.17. The van der Waals surface area contributed by atoms with Crippen LogP contribution < -0.4 is 5.73 Å². The van der Waals surface area contributed by atoms with Crippen molar-refractivity contribution in [3.05, 3.63) is 52.0 Å². The molecule has 2 aromatic rings. The molecule has 0 aliphatic heterocycles. The molecule has 0 radical (unpaired) electrons. The lowest BCUT2D eigenvalue weighted by molar-refractivity contribution is 0.316. The third-order valence-corrected chi connectivity index (χ3v) is 4.46. The van der Waals surface area contributed by atoms with Crippen molar-refractivity contribution in [2.75, 3.05) is 13.6 Å². The molecule has 1 heterocycles. The number of hydrogen-bond acceptors (Lipinski definition) is 4. The average molecular weight is 289 g/mol. The molecule has 2 N–H and O–H groups in total. The number of aryl methyl sites for hydroxylation is 1. The summed E-state index contributed by atoms with van der Waals surface area (Å²) in [7, 11) is 2.16. The van der Waals surface area contributed by atoms with E-state index in [1.807, 2.05) is 23.7 Å². The van der Waals surface area contributed by atoms with Crippen LogP contribution in [0.15, 0.2) is 35.8 Å². The van der Waals surface area contributed by atoms with Crippen LogP contribution in [0.3, 0.4) is 0 Å². The van der Waals surface area contributed by atoms with Crippen LogP contribution in [-0.2, 0) is 6.54 Å². The second kappa shape index (κ2) is 7.53. The van der Waals surface area contributed by atoms with Gasteiger partial charge in [0.1, 0.15) is 0 Å². The van der Waals surface area contributed by atoms with Crippen molar-refractivity contribution in [1.29, 1.82) is 0 Å².